The van der Waals surface area contributed by atoms with Crippen molar-refractivity contribution in [3.63, 3.8) is 0 Å². The van der Waals surface area contributed by atoms with Crippen molar-refractivity contribution in [2.75, 3.05) is 12.3 Å². The van der Waals surface area contributed by atoms with Crippen LogP contribution in [0.15, 0.2) is 30.3 Å². The van der Waals surface area contributed by atoms with Crippen molar-refractivity contribution in [3.05, 3.63) is 35.9 Å². The average Bonchev–Trinajstić information content (AvgIpc) is 2.71. The normalized spacial score (nSPS) is 21.8. The molecule has 1 fully saturated rings. The molecule has 1 amide bonds. The summed E-state index contributed by atoms with van der Waals surface area (Å²) in [7, 11) is 0. The Morgan fingerprint density at radius 2 is 2.17 bits per heavy atom. The lowest BCUT2D eigenvalue weighted by Crippen LogP contribution is -2.47. The Hall–Kier alpha value is -1.00. The molecule has 1 heterocycles. The van der Waals surface area contributed by atoms with E-state index >= 15 is 0 Å². The van der Waals surface area contributed by atoms with Crippen molar-refractivity contribution in [1.29, 1.82) is 0 Å². The van der Waals surface area contributed by atoms with Gasteiger partial charge in [-0.05, 0) is 25.8 Å². The molecular weight excluding hydrogens is 244 g/mol. The number of carbonyl (C=O) groups excluding carboxylic acids is 1. The Bertz CT molecular complexity index is 406. The van der Waals surface area contributed by atoms with E-state index in [1.54, 1.807) is 11.8 Å². The van der Waals surface area contributed by atoms with E-state index < -0.39 is 0 Å². The van der Waals surface area contributed by atoms with Gasteiger partial charge in [0.1, 0.15) is 0 Å². The van der Waals surface area contributed by atoms with E-state index in [0.717, 1.165) is 12.2 Å². The number of rotatable bonds is 4. The lowest BCUT2D eigenvalue weighted by atomic mass is 10.1. The number of hydrogen-bond donors (Lipinski definition) is 2. The number of nitrogens with one attached hydrogen (secondary N) is 2. The molecule has 1 aliphatic heterocycles. The largest absolute Gasteiger partial charge is 0.354 e. The number of carbonyl (C=O) groups is 1. The Kier molecular flexibility index (Phi) is 4.30. The summed E-state index contributed by atoms with van der Waals surface area (Å²) in [6, 6.07) is 10.2. The van der Waals surface area contributed by atoms with Gasteiger partial charge in [0.15, 0.2) is 0 Å². The molecule has 18 heavy (non-hydrogen) atoms. The minimum Gasteiger partial charge on any atom is -0.354 e. The predicted octanol–water partition coefficient (Wildman–Crippen LogP) is 1.79. The molecule has 1 aliphatic rings. The summed E-state index contributed by atoms with van der Waals surface area (Å²) < 4.78 is 0. The van der Waals surface area contributed by atoms with E-state index in [1.165, 1.54) is 5.56 Å². The van der Waals surface area contributed by atoms with Crippen LogP contribution in [0.25, 0.3) is 0 Å². The first kappa shape index (κ1) is 13.4. The molecule has 2 N–H and O–H groups in total. The van der Waals surface area contributed by atoms with Crippen LogP contribution >= 0.6 is 11.8 Å². The van der Waals surface area contributed by atoms with Gasteiger partial charge in [-0.25, -0.2) is 0 Å². The second-order valence-corrected chi connectivity index (χ2v) is 6.69. The quantitative estimate of drug-likeness (QED) is 0.871. The van der Waals surface area contributed by atoms with Gasteiger partial charge in [-0.3, -0.25) is 10.1 Å². The molecule has 1 unspecified atom stereocenters. The zero-order chi connectivity index (χ0) is 13.0. The highest BCUT2D eigenvalue weighted by molar-refractivity contribution is 8.00. The fourth-order valence-corrected chi connectivity index (χ4v) is 3.08. The molecule has 0 aromatic heterocycles. The molecule has 0 spiro atoms. The third-order valence-corrected chi connectivity index (χ3v) is 4.34. The first-order valence-corrected chi connectivity index (χ1v) is 7.29. The van der Waals surface area contributed by atoms with Crippen molar-refractivity contribution >= 4 is 17.7 Å². The summed E-state index contributed by atoms with van der Waals surface area (Å²) in [6.07, 6.45) is 0.885. The van der Waals surface area contributed by atoms with Crippen molar-refractivity contribution in [1.82, 2.24) is 10.6 Å². The monoisotopic (exact) mass is 264 g/mol. The van der Waals surface area contributed by atoms with Crippen molar-refractivity contribution in [3.8, 4) is 0 Å². The Labute approximate surface area is 113 Å². The topological polar surface area (TPSA) is 41.1 Å². The van der Waals surface area contributed by atoms with Crippen LogP contribution in [0, 0.1) is 0 Å². The second kappa shape index (κ2) is 5.76. The predicted molar refractivity (Wildman–Crippen MR) is 76.6 cm³/mol. The summed E-state index contributed by atoms with van der Waals surface area (Å²) in [5, 5.41) is 6.33. The van der Waals surface area contributed by atoms with Crippen molar-refractivity contribution < 1.29 is 4.79 Å². The third-order valence-electron chi connectivity index (χ3n) is 3.00. The zero-order valence-electron chi connectivity index (χ0n) is 10.9. The average molecular weight is 264 g/mol. The SMILES string of the molecule is CC1(C)NC(C(=O)NCCc2ccccc2)CS1. The summed E-state index contributed by atoms with van der Waals surface area (Å²) in [4.78, 5) is 12.0. The number of thioether (sulfide) groups is 1. The van der Waals surface area contributed by atoms with E-state index in [2.05, 4.69) is 36.6 Å². The van der Waals surface area contributed by atoms with E-state index in [1.807, 2.05) is 18.2 Å². The van der Waals surface area contributed by atoms with Gasteiger partial charge in [-0.2, -0.15) is 0 Å². The summed E-state index contributed by atoms with van der Waals surface area (Å²) >= 11 is 1.79. The molecule has 0 radical (unpaired) electrons. The van der Waals surface area contributed by atoms with E-state index in [9.17, 15) is 4.79 Å². The molecule has 0 bridgehead atoms. The minimum atomic E-state index is -0.0548. The van der Waals surface area contributed by atoms with E-state index in [-0.39, 0.29) is 16.8 Å². The standard InChI is InChI=1S/C14H20N2OS/c1-14(2)16-12(10-18-14)13(17)15-9-8-11-6-4-3-5-7-11/h3-7,12,16H,8-10H2,1-2H3,(H,15,17). The smallest absolute Gasteiger partial charge is 0.238 e. The molecular formula is C14H20N2OS. The summed E-state index contributed by atoms with van der Waals surface area (Å²) in [5.74, 6) is 0.966. The van der Waals surface area contributed by atoms with Gasteiger partial charge in [0.05, 0.1) is 10.9 Å². The van der Waals surface area contributed by atoms with Crippen LogP contribution in [0.5, 0.6) is 0 Å². The highest BCUT2D eigenvalue weighted by Crippen LogP contribution is 2.28. The molecule has 2 rings (SSSR count). The Morgan fingerprint density at radius 1 is 1.44 bits per heavy atom. The van der Waals surface area contributed by atoms with Crippen molar-refractivity contribution in [2.24, 2.45) is 0 Å². The van der Waals surface area contributed by atoms with Crippen LogP contribution in [0.4, 0.5) is 0 Å². The third kappa shape index (κ3) is 3.75. The first-order chi connectivity index (χ1) is 8.57. The maximum atomic E-state index is 11.9. The number of amides is 1. The highest BCUT2D eigenvalue weighted by Gasteiger charge is 2.34. The molecule has 1 saturated heterocycles. The van der Waals surface area contributed by atoms with Crippen molar-refractivity contribution in [2.45, 2.75) is 31.2 Å². The Morgan fingerprint density at radius 3 is 2.78 bits per heavy atom. The zero-order valence-corrected chi connectivity index (χ0v) is 11.7. The number of benzene rings is 1. The fraction of sp³-hybridized carbons (Fsp3) is 0.500. The maximum Gasteiger partial charge on any atom is 0.238 e. The molecule has 1 aromatic carbocycles. The molecule has 4 heteroatoms. The van der Waals surface area contributed by atoms with Gasteiger partial charge in [0.2, 0.25) is 5.91 Å². The summed E-state index contributed by atoms with van der Waals surface area (Å²) in [6.45, 7) is 4.91. The molecule has 1 aromatic rings. The van der Waals surface area contributed by atoms with Gasteiger partial charge in [-0.1, -0.05) is 30.3 Å². The molecule has 0 aliphatic carbocycles. The second-order valence-electron chi connectivity index (χ2n) is 5.04. The van der Waals surface area contributed by atoms with Gasteiger partial charge < -0.3 is 5.32 Å². The minimum absolute atomic E-state index is 0.0153. The Balaban J connectivity index is 1.73. The fourth-order valence-electron chi connectivity index (χ4n) is 2.03. The maximum absolute atomic E-state index is 11.9. The summed E-state index contributed by atoms with van der Waals surface area (Å²) in [5.41, 5.74) is 1.26. The van der Waals surface area contributed by atoms with Gasteiger partial charge in [0.25, 0.3) is 0 Å². The van der Waals surface area contributed by atoms with Crippen LogP contribution in [-0.2, 0) is 11.2 Å². The first-order valence-electron chi connectivity index (χ1n) is 6.30. The van der Waals surface area contributed by atoms with Crippen LogP contribution in [-0.4, -0.2) is 29.1 Å². The van der Waals surface area contributed by atoms with E-state index in [4.69, 9.17) is 0 Å². The highest BCUT2D eigenvalue weighted by atomic mass is 32.2. The molecule has 3 nitrogen and oxygen atoms in total. The lowest BCUT2D eigenvalue weighted by molar-refractivity contribution is -0.122. The van der Waals surface area contributed by atoms with Gasteiger partial charge in [0, 0.05) is 12.3 Å². The molecule has 1 atom stereocenters. The molecule has 0 saturated carbocycles. The molecule has 98 valence electrons. The van der Waals surface area contributed by atoms with Crippen LogP contribution < -0.4 is 10.6 Å². The van der Waals surface area contributed by atoms with Gasteiger partial charge in [-0.15, -0.1) is 11.8 Å². The van der Waals surface area contributed by atoms with Crippen LogP contribution in [0.2, 0.25) is 0 Å². The lowest BCUT2D eigenvalue weighted by Gasteiger charge is -2.18. The van der Waals surface area contributed by atoms with Crippen LogP contribution in [0.3, 0.4) is 0 Å². The number of hydrogen-bond acceptors (Lipinski definition) is 3. The van der Waals surface area contributed by atoms with E-state index in [0.29, 0.717) is 6.54 Å². The van der Waals surface area contributed by atoms with Gasteiger partial charge >= 0.3 is 0 Å². The van der Waals surface area contributed by atoms with Crippen LogP contribution in [0.1, 0.15) is 19.4 Å².